The molecular formula is C15H11F2N3O. The van der Waals surface area contributed by atoms with Crippen molar-refractivity contribution in [2.45, 2.75) is 0 Å². The predicted molar refractivity (Wildman–Crippen MR) is 74.5 cm³/mol. The number of hydrogen-bond donors (Lipinski definition) is 2. The number of nitrogens with zero attached hydrogens (tertiary/aromatic N) is 1. The van der Waals surface area contributed by atoms with Crippen molar-refractivity contribution in [3.8, 4) is 11.8 Å². The van der Waals surface area contributed by atoms with Crippen LogP contribution in [0.2, 0.25) is 0 Å². The van der Waals surface area contributed by atoms with E-state index < -0.39 is 17.5 Å². The number of carbonyl (C=O) groups excluding carboxylic acids is 1. The van der Waals surface area contributed by atoms with E-state index in [1.54, 1.807) is 6.07 Å². The largest absolute Gasteiger partial charge is 0.320 e. The number of nitrogens with two attached hydrogens (primary N) is 1. The summed E-state index contributed by atoms with van der Waals surface area (Å²) in [5.74, 6) is 3.47. The second kappa shape index (κ2) is 6.59. The van der Waals surface area contributed by atoms with E-state index in [-0.39, 0.29) is 17.9 Å². The molecule has 4 nitrogen and oxygen atoms in total. The van der Waals surface area contributed by atoms with Crippen LogP contribution in [0.15, 0.2) is 36.5 Å². The first-order chi connectivity index (χ1) is 10.1. The summed E-state index contributed by atoms with van der Waals surface area (Å²) in [5, 5.41) is 2.36. The summed E-state index contributed by atoms with van der Waals surface area (Å²) in [4.78, 5) is 15.4. The molecule has 0 aliphatic rings. The molecule has 0 unspecified atom stereocenters. The van der Waals surface area contributed by atoms with Crippen LogP contribution in [-0.2, 0) is 0 Å². The first-order valence-electron chi connectivity index (χ1n) is 6.01. The molecule has 6 heteroatoms. The summed E-state index contributed by atoms with van der Waals surface area (Å²) in [7, 11) is 0. The Hall–Kier alpha value is -2.78. The van der Waals surface area contributed by atoms with Gasteiger partial charge < -0.3 is 11.1 Å². The van der Waals surface area contributed by atoms with Gasteiger partial charge in [0.25, 0.3) is 5.91 Å². The molecule has 0 saturated heterocycles. The van der Waals surface area contributed by atoms with Gasteiger partial charge >= 0.3 is 0 Å². The van der Waals surface area contributed by atoms with Crippen LogP contribution in [0.4, 0.5) is 14.5 Å². The summed E-state index contributed by atoms with van der Waals surface area (Å²) >= 11 is 0. The van der Waals surface area contributed by atoms with Crippen molar-refractivity contribution in [3.63, 3.8) is 0 Å². The fourth-order valence-electron chi connectivity index (χ4n) is 1.54. The van der Waals surface area contributed by atoms with Crippen molar-refractivity contribution >= 4 is 11.6 Å². The molecule has 1 heterocycles. The topological polar surface area (TPSA) is 68.0 Å². The molecule has 0 saturated carbocycles. The zero-order chi connectivity index (χ0) is 15.2. The number of anilines is 1. The zero-order valence-corrected chi connectivity index (χ0v) is 10.9. The van der Waals surface area contributed by atoms with Crippen LogP contribution in [0.1, 0.15) is 16.1 Å². The van der Waals surface area contributed by atoms with Gasteiger partial charge in [0.2, 0.25) is 0 Å². The number of nitrogens with one attached hydrogen (secondary N) is 1. The molecule has 1 aromatic heterocycles. The minimum absolute atomic E-state index is 0.00979. The molecule has 2 aromatic rings. The van der Waals surface area contributed by atoms with Gasteiger partial charge in [-0.25, -0.2) is 13.8 Å². The van der Waals surface area contributed by atoms with Crippen LogP contribution in [0.25, 0.3) is 0 Å². The molecule has 3 N–H and O–H groups in total. The van der Waals surface area contributed by atoms with Gasteiger partial charge in [-0.3, -0.25) is 4.79 Å². The molecule has 1 aromatic carbocycles. The molecule has 106 valence electrons. The number of aromatic nitrogens is 1. The lowest BCUT2D eigenvalue weighted by atomic mass is 10.2. The molecule has 2 rings (SSSR count). The summed E-state index contributed by atoms with van der Waals surface area (Å²) in [6.45, 7) is 0.177. The number of benzene rings is 1. The van der Waals surface area contributed by atoms with E-state index in [1.165, 1.54) is 18.2 Å². The van der Waals surface area contributed by atoms with E-state index in [2.05, 4.69) is 22.1 Å². The van der Waals surface area contributed by atoms with Crippen LogP contribution in [0.5, 0.6) is 0 Å². The van der Waals surface area contributed by atoms with Gasteiger partial charge in [-0.1, -0.05) is 11.8 Å². The van der Waals surface area contributed by atoms with Gasteiger partial charge in [-0.05, 0) is 30.3 Å². The second-order valence-corrected chi connectivity index (χ2v) is 4.02. The minimum atomic E-state index is -0.630. The lowest BCUT2D eigenvalue weighted by molar-refractivity contribution is 0.102. The maximum absolute atomic E-state index is 13.8. The summed E-state index contributed by atoms with van der Waals surface area (Å²) in [5.41, 5.74) is 5.66. The Kier molecular flexibility index (Phi) is 4.59. The summed E-state index contributed by atoms with van der Waals surface area (Å²) in [6.07, 6.45) is 0.913. The molecule has 0 spiro atoms. The fraction of sp³-hybridized carbons (Fsp3) is 0.0667. The molecule has 0 fully saturated rings. The average molecular weight is 287 g/mol. The van der Waals surface area contributed by atoms with Gasteiger partial charge in [0.15, 0.2) is 0 Å². The average Bonchev–Trinajstić information content (AvgIpc) is 2.48. The lowest BCUT2D eigenvalue weighted by Crippen LogP contribution is -2.14. The van der Waals surface area contributed by atoms with E-state index in [4.69, 9.17) is 5.73 Å². The molecule has 0 atom stereocenters. The van der Waals surface area contributed by atoms with Crippen LogP contribution in [0, 0.1) is 23.5 Å². The standard InChI is InChI=1S/C15H11F2N3O/c16-11-4-6-14(19-9-11)15(21)20-13-5-3-10(2-1-7-18)8-12(13)17/h3-6,8-9H,7,18H2,(H,20,21). The predicted octanol–water partition coefficient (Wildman–Crippen LogP) is 1.92. The van der Waals surface area contributed by atoms with Crippen molar-refractivity contribution in [1.29, 1.82) is 0 Å². The van der Waals surface area contributed by atoms with Crippen LogP contribution >= 0.6 is 0 Å². The monoisotopic (exact) mass is 287 g/mol. The fourth-order valence-corrected chi connectivity index (χ4v) is 1.54. The van der Waals surface area contributed by atoms with Gasteiger partial charge in [0.05, 0.1) is 18.4 Å². The summed E-state index contributed by atoms with van der Waals surface area (Å²) in [6, 6.07) is 6.44. The Labute approximate surface area is 120 Å². The second-order valence-electron chi connectivity index (χ2n) is 4.02. The number of hydrogen-bond acceptors (Lipinski definition) is 3. The Balaban J connectivity index is 2.16. The highest BCUT2D eigenvalue weighted by Crippen LogP contribution is 2.16. The van der Waals surface area contributed by atoms with Crippen LogP contribution < -0.4 is 11.1 Å². The van der Waals surface area contributed by atoms with Gasteiger partial charge in [-0.2, -0.15) is 0 Å². The van der Waals surface area contributed by atoms with Crippen molar-refractivity contribution < 1.29 is 13.6 Å². The maximum atomic E-state index is 13.8. The molecule has 0 aliphatic carbocycles. The number of carbonyl (C=O) groups is 1. The first-order valence-corrected chi connectivity index (χ1v) is 6.01. The molecule has 1 amide bonds. The number of pyridine rings is 1. The van der Waals surface area contributed by atoms with Crippen LogP contribution in [0.3, 0.4) is 0 Å². The van der Waals surface area contributed by atoms with Crippen molar-refractivity contribution in [3.05, 3.63) is 59.4 Å². The quantitative estimate of drug-likeness (QED) is 0.829. The third-order valence-corrected chi connectivity index (χ3v) is 2.51. The smallest absolute Gasteiger partial charge is 0.274 e. The number of rotatable bonds is 2. The van der Waals surface area contributed by atoms with Gasteiger partial charge in [0.1, 0.15) is 17.3 Å². The first kappa shape index (κ1) is 14.6. The highest BCUT2D eigenvalue weighted by Gasteiger charge is 2.10. The SMILES string of the molecule is NCC#Cc1ccc(NC(=O)c2ccc(F)cn2)c(F)c1. The molecule has 21 heavy (non-hydrogen) atoms. The van der Waals surface area contributed by atoms with E-state index in [0.717, 1.165) is 12.3 Å². The highest BCUT2D eigenvalue weighted by molar-refractivity contribution is 6.02. The van der Waals surface area contributed by atoms with E-state index in [9.17, 15) is 13.6 Å². The van der Waals surface area contributed by atoms with Gasteiger partial charge in [0, 0.05) is 5.56 Å². The summed E-state index contributed by atoms with van der Waals surface area (Å²) < 4.78 is 26.5. The molecular weight excluding hydrogens is 276 g/mol. The Morgan fingerprint density at radius 3 is 2.71 bits per heavy atom. The molecule has 0 aliphatic heterocycles. The Bertz CT molecular complexity index is 718. The van der Waals surface area contributed by atoms with E-state index in [1.807, 2.05) is 0 Å². The number of amides is 1. The third kappa shape index (κ3) is 3.84. The molecule has 0 radical (unpaired) electrons. The van der Waals surface area contributed by atoms with Crippen molar-refractivity contribution in [2.75, 3.05) is 11.9 Å². The lowest BCUT2D eigenvalue weighted by Gasteiger charge is -2.06. The maximum Gasteiger partial charge on any atom is 0.274 e. The van der Waals surface area contributed by atoms with Crippen LogP contribution in [-0.4, -0.2) is 17.4 Å². The number of halogens is 2. The normalized spacial score (nSPS) is 9.67. The zero-order valence-electron chi connectivity index (χ0n) is 10.9. The third-order valence-electron chi connectivity index (χ3n) is 2.51. The molecule has 0 bridgehead atoms. The Morgan fingerprint density at radius 1 is 1.29 bits per heavy atom. The highest BCUT2D eigenvalue weighted by atomic mass is 19.1. The van der Waals surface area contributed by atoms with E-state index in [0.29, 0.717) is 5.56 Å². The van der Waals surface area contributed by atoms with Crippen molar-refractivity contribution in [1.82, 2.24) is 4.98 Å². The van der Waals surface area contributed by atoms with Crippen molar-refractivity contribution in [2.24, 2.45) is 5.73 Å². The van der Waals surface area contributed by atoms with E-state index >= 15 is 0 Å². The minimum Gasteiger partial charge on any atom is -0.320 e. The Morgan fingerprint density at radius 2 is 2.10 bits per heavy atom. The van der Waals surface area contributed by atoms with Gasteiger partial charge in [-0.15, -0.1) is 0 Å².